The Morgan fingerprint density at radius 3 is 2.16 bits per heavy atom. The minimum Gasteiger partial charge on any atom is -0.454 e. The van der Waals surface area contributed by atoms with Gasteiger partial charge in [0.05, 0.1) is 13.2 Å². The van der Waals surface area contributed by atoms with Gasteiger partial charge >= 0.3 is 6.18 Å². The van der Waals surface area contributed by atoms with Crippen LogP contribution in [0.3, 0.4) is 0 Å². The van der Waals surface area contributed by atoms with Crippen molar-refractivity contribution >= 4 is 11.6 Å². The smallest absolute Gasteiger partial charge is 0.413 e. The molecule has 3 rings (SSSR count). The fourth-order valence-electron chi connectivity index (χ4n) is 3.19. The Morgan fingerprint density at radius 1 is 0.875 bits per heavy atom. The van der Waals surface area contributed by atoms with Crippen LogP contribution in [-0.4, -0.2) is 12.8 Å². The number of hydrogen-bond donors (Lipinski definition) is 0. The van der Waals surface area contributed by atoms with E-state index in [2.05, 4.69) is 0 Å². The maximum Gasteiger partial charge on any atom is 0.413 e. The number of para-hydroxylation sites is 1. The van der Waals surface area contributed by atoms with Gasteiger partial charge in [-0.1, -0.05) is 61.9 Å². The molecule has 0 aliphatic heterocycles. The summed E-state index contributed by atoms with van der Waals surface area (Å²) >= 11 is 6.07. The third-order valence-electron chi connectivity index (χ3n) is 4.94. The van der Waals surface area contributed by atoms with E-state index in [1.165, 1.54) is 30.3 Å². The lowest BCUT2D eigenvalue weighted by atomic mass is 9.96. The van der Waals surface area contributed by atoms with Crippen LogP contribution in [0.4, 0.5) is 17.6 Å². The average Bonchev–Trinajstić information content (AvgIpc) is 2.76. The molecule has 1 atom stereocenters. The Bertz CT molecular complexity index is 1010. The minimum atomic E-state index is -4.73. The van der Waals surface area contributed by atoms with E-state index in [-0.39, 0.29) is 17.9 Å². The molecule has 0 radical (unpaired) electrons. The summed E-state index contributed by atoms with van der Waals surface area (Å²) in [5, 5.41) is 0. The van der Waals surface area contributed by atoms with Crippen molar-refractivity contribution in [3.05, 3.63) is 95.3 Å². The summed E-state index contributed by atoms with van der Waals surface area (Å²) in [5.41, 5.74) is 1.31. The van der Waals surface area contributed by atoms with Crippen LogP contribution in [0.15, 0.2) is 72.8 Å². The van der Waals surface area contributed by atoms with Crippen LogP contribution < -0.4 is 4.74 Å². The maximum atomic E-state index is 14.1. The summed E-state index contributed by atoms with van der Waals surface area (Å²) in [7, 11) is 0. The molecule has 0 saturated heterocycles. The molecule has 2 nitrogen and oxygen atoms in total. The molecule has 3 aromatic carbocycles. The highest BCUT2D eigenvalue weighted by molar-refractivity contribution is 6.24. The average molecular weight is 467 g/mol. The predicted molar refractivity (Wildman–Crippen MR) is 117 cm³/mol. The Balaban J connectivity index is 1.71. The topological polar surface area (TPSA) is 18.5 Å². The zero-order chi connectivity index (χ0) is 23.2. The molecule has 0 amide bonds. The molecule has 1 unspecified atom stereocenters. The molecule has 0 aliphatic rings. The lowest BCUT2D eigenvalue weighted by Crippen LogP contribution is -2.41. The summed E-state index contributed by atoms with van der Waals surface area (Å²) < 4.78 is 66.5. The van der Waals surface area contributed by atoms with Gasteiger partial charge in [-0.05, 0) is 47.4 Å². The van der Waals surface area contributed by atoms with E-state index in [0.29, 0.717) is 11.3 Å². The van der Waals surface area contributed by atoms with E-state index in [4.69, 9.17) is 21.1 Å². The molecule has 32 heavy (non-hydrogen) atoms. The Labute approximate surface area is 189 Å². The largest absolute Gasteiger partial charge is 0.454 e. The Morgan fingerprint density at radius 2 is 1.53 bits per heavy atom. The van der Waals surface area contributed by atoms with Crippen molar-refractivity contribution < 1.29 is 27.0 Å². The van der Waals surface area contributed by atoms with Crippen molar-refractivity contribution in [3.63, 3.8) is 0 Å². The van der Waals surface area contributed by atoms with Gasteiger partial charge in [-0.25, -0.2) is 4.39 Å². The van der Waals surface area contributed by atoms with E-state index >= 15 is 0 Å². The van der Waals surface area contributed by atoms with Crippen LogP contribution in [-0.2, 0) is 22.6 Å². The number of alkyl halides is 4. The third kappa shape index (κ3) is 5.81. The zero-order valence-electron chi connectivity index (χ0n) is 17.5. The highest BCUT2D eigenvalue weighted by atomic mass is 35.5. The van der Waals surface area contributed by atoms with E-state index in [9.17, 15) is 17.6 Å². The van der Waals surface area contributed by atoms with Crippen LogP contribution in [0.25, 0.3) is 0 Å². The number of benzene rings is 3. The number of aryl methyl sites for hydroxylation is 1. The van der Waals surface area contributed by atoms with Crippen molar-refractivity contribution in [2.24, 2.45) is 0 Å². The molecule has 0 heterocycles. The standard InChI is InChI=1S/C25H23ClF4O2/c1-2-6-18-9-12-20(13-10-18)24(26,25(28,29)30)17-31-16-19-11-14-22(27)23(15-19)32-21-7-4-3-5-8-21/h3-5,7-15H,2,6,16-17H2,1H3. The lowest BCUT2D eigenvalue weighted by Gasteiger charge is -2.30. The molecule has 0 saturated carbocycles. The minimum absolute atomic E-state index is 0.0447. The van der Waals surface area contributed by atoms with Crippen molar-refractivity contribution in [2.45, 2.75) is 37.4 Å². The molecule has 170 valence electrons. The van der Waals surface area contributed by atoms with E-state index in [1.54, 1.807) is 42.5 Å². The van der Waals surface area contributed by atoms with Gasteiger partial charge in [0.1, 0.15) is 5.75 Å². The molecular formula is C25H23ClF4O2. The second-order valence-corrected chi connectivity index (χ2v) is 8.06. The van der Waals surface area contributed by atoms with Crippen LogP contribution in [0.2, 0.25) is 0 Å². The SMILES string of the molecule is CCCc1ccc(C(Cl)(COCc2ccc(F)c(Oc3ccccc3)c2)C(F)(F)F)cc1. The van der Waals surface area contributed by atoms with Crippen LogP contribution >= 0.6 is 11.6 Å². The summed E-state index contributed by atoms with van der Waals surface area (Å²) in [6.45, 7) is 1.01. The number of halogens is 5. The quantitative estimate of drug-likeness (QED) is 0.237. The highest BCUT2D eigenvalue weighted by Crippen LogP contribution is 2.45. The summed E-state index contributed by atoms with van der Waals surface area (Å²) in [6.07, 6.45) is -3.07. The van der Waals surface area contributed by atoms with Gasteiger partial charge in [-0.2, -0.15) is 13.2 Å². The molecule has 0 aromatic heterocycles. The van der Waals surface area contributed by atoms with Crippen LogP contribution in [0, 0.1) is 5.82 Å². The van der Waals surface area contributed by atoms with Crippen molar-refractivity contribution in [2.75, 3.05) is 6.61 Å². The summed E-state index contributed by atoms with van der Waals surface area (Å²) in [6, 6.07) is 18.7. The van der Waals surface area contributed by atoms with Gasteiger partial charge < -0.3 is 9.47 Å². The fourth-order valence-corrected chi connectivity index (χ4v) is 3.40. The second-order valence-electron chi connectivity index (χ2n) is 7.42. The van der Waals surface area contributed by atoms with E-state index in [0.717, 1.165) is 18.4 Å². The molecule has 0 spiro atoms. The molecule has 0 N–H and O–H groups in total. The van der Waals surface area contributed by atoms with Crippen molar-refractivity contribution in [1.82, 2.24) is 0 Å². The molecular weight excluding hydrogens is 444 g/mol. The van der Waals surface area contributed by atoms with Crippen LogP contribution in [0.5, 0.6) is 11.5 Å². The Hall–Kier alpha value is -2.57. The second kappa shape index (κ2) is 10.4. The van der Waals surface area contributed by atoms with Crippen molar-refractivity contribution in [3.8, 4) is 11.5 Å². The van der Waals surface area contributed by atoms with Gasteiger partial charge in [0.25, 0.3) is 0 Å². The molecule has 0 fully saturated rings. The Kier molecular flexibility index (Phi) is 7.80. The molecule has 0 bridgehead atoms. The lowest BCUT2D eigenvalue weighted by molar-refractivity contribution is -0.179. The molecule has 7 heteroatoms. The zero-order valence-corrected chi connectivity index (χ0v) is 18.2. The third-order valence-corrected chi connectivity index (χ3v) is 5.48. The predicted octanol–water partition coefficient (Wildman–Crippen LogP) is 7.78. The van der Waals surface area contributed by atoms with E-state index in [1.807, 2.05) is 6.92 Å². The first-order valence-electron chi connectivity index (χ1n) is 10.2. The first-order valence-corrected chi connectivity index (χ1v) is 10.5. The highest BCUT2D eigenvalue weighted by Gasteiger charge is 2.55. The molecule has 3 aromatic rings. The van der Waals surface area contributed by atoms with Gasteiger partial charge in [0, 0.05) is 0 Å². The monoisotopic (exact) mass is 466 g/mol. The van der Waals surface area contributed by atoms with E-state index < -0.39 is 23.5 Å². The normalized spacial score (nSPS) is 13.6. The number of rotatable bonds is 9. The van der Waals surface area contributed by atoms with Crippen molar-refractivity contribution in [1.29, 1.82) is 0 Å². The van der Waals surface area contributed by atoms with Crippen LogP contribution in [0.1, 0.15) is 30.0 Å². The summed E-state index contributed by atoms with van der Waals surface area (Å²) in [4.78, 5) is -2.69. The maximum absolute atomic E-state index is 14.1. The van der Waals surface area contributed by atoms with Gasteiger partial charge in [-0.15, -0.1) is 11.6 Å². The van der Waals surface area contributed by atoms with Gasteiger partial charge in [0.2, 0.25) is 0 Å². The fraction of sp³-hybridized carbons (Fsp3) is 0.280. The van der Waals surface area contributed by atoms with Gasteiger partial charge in [0.15, 0.2) is 16.4 Å². The summed E-state index contributed by atoms with van der Waals surface area (Å²) in [5.74, 6) is -0.198. The van der Waals surface area contributed by atoms with Gasteiger partial charge in [-0.3, -0.25) is 0 Å². The first kappa shape index (κ1) is 24.1. The molecule has 0 aliphatic carbocycles. The number of hydrogen-bond acceptors (Lipinski definition) is 2. The number of ether oxygens (including phenoxy) is 2. The first-order chi connectivity index (χ1) is 15.2.